The second-order valence-electron chi connectivity index (χ2n) is 6.36. The predicted octanol–water partition coefficient (Wildman–Crippen LogP) is 4.41. The molecule has 7 nitrogen and oxygen atoms in total. The quantitative estimate of drug-likeness (QED) is 0.516. The van der Waals surface area contributed by atoms with Gasteiger partial charge in [-0.2, -0.15) is 0 Å². The van der Waals surface area contributed by atoms with Crippen LogP contribution in [0.15, 0.2) is 70.3 Å². The summed E-state index contributed by atoms with van der Waals surface area (Å²) in [4.78, 5) is 8.38. The summed E-state index contributed by atoms with van der Waals surface area (Å²) in [6.07, 6.45) is 1.39. The first-order chi connectivity index (χ1) is 13.8. The molecule has 1 heterocycles. The lowest BCUT2D eigenvalue weighted by atomic mass is 10.2. The van der Waals surface area contributed by atoms with Crippen LogP contribution in [0, 0.1) is 0 Å². The molecule has 0 aliphatic heterocycles. The SMILES string of the molecule is CC(C)Oc1ccc(S(=O)(=O)Nc2ncc(Br)nc2OCc2ccccc2)cc1. The van der Waals surface area contributed by atoms with Crippen LogP contribution in [-0.2, 0) is 16.6 Å². The second-order valence-corrected chi connectivity index (χ2v) is 8.86. The Balaban J connectivity index is 1.79. The topological polar surface area (TPSA) is 90.4 Å². The van der Waals surface area contributed by atoms with Crippen molar-refractivity contribution >= 4 is 31.8 Å². The van der Waals surface area contributed by atoms with Crippen LogP contribution in [0.25, 0.3) is 0 Å². The van der Waals surface area contributed by atoms with Gasteiger partial charge < -0.3 is 9.47 Å². The van der Waals surface area contributed by atoms with Gasteiger partial charge >= 0.3 is 0 Å². The van der Waals surface area contributed by atoms with E-state index in [9.17, 15) is 8.42 Å². The van der Waals surface area contributed by atoms with Crippen molar-refractivity contribution in [2.45, 2.75) is 31.5 Å². The summed E-state index contributed by atoms with van der Waals surface area (Å²) in [6, 6.07) is 15.6. The van der Waals surface area contributed by atoms with Crippen LogP contribution < -0.4 is 14.2 Å². The summed E-state index contributed by atoms with van der Waals surface area (Å²) in [5, 5.41) is 0. The van der Waals surface area contributed by atoms with Crippen molar-refractivity contribution in [2.75, 3.05) is 4.72 Å². The first-order valence-electron chi connectivity index (χ1n) is 8.82. The molecule has 3 aromatic rings. The number of anilines is 1. The Bertz CT molecular complexity index is 1060. The molecule has 3 rings (SSSR count). The molecule has 0 saturated carbocycles. The smallest absolute Gasteiger partial charge is 0.263 e. The number of halogens is 1. The normalized spacial score (nSPS) is 11.3. The van der Waals surface area contributed by atoms with E-state index in [0.29, 0.717) is 10.4 Å². The van der Waals surface area contributed by atoms with E-state index >= 15 is 0 Å². The van der Waals surface area contributed by atoms with Crippen LogP contribution in [0.4, 0.5) is 5.82 Å². The highest BCUT2D eigenvalue weighted by atomic mass is 79.9. The van der Waals surface area contributed by atoms with Crippen LogP contribution in [0.3, 0.4) is 0 Å². The van der Waals surface area contributed by atoms with Crippen LogP contribution in [-0.4, -0.2) is 24.5 Å². The van der Waals surface area contributed by atoms with Gasteiger partial charge in [0.15, 0.2) is 0 Å². The largest absolute Gasteiger partial charge is 0.491 e. The number of hydrogen-bond acceptors (Lipinski definition) is 6. The maximum atomic E-state index is 12.8. The van der Waals surface area contributed by atoms with Crippen LogP contribution in [0.5, 0.6) is 11.6 Å². The van der Waals surface area contributed by atoms with Crippen molar-refractivity contribution in [3.05, 3.63) is 71.0 Å². The Morgan fingerprint density at radius 3 is 2.41 bits per heavy atom. The molecule has 0 atom stereocenters. The Labute approximate surface area is 178 Å². The minimum absolute atomic E-state index is 0.00190. The van der Waals surface area contributed by atoms with Gasteiger partial charge in [-0.25, -0.2) is 18.4 Å². The molecule has 0 amide bonds. The third-order valence-corrected chi connectivity index (χ3v) is 5.40. The van der Waals surface area contributed by atoms with E-state index in [1.165, 1.54) is 18.3 Å². The Hall–Kier alpha value is -2.65. The third-order valence-electron chi connectivity index (χ3n) is 3.67. The highest BCUT2D eigenvalue weighted by molar-refractivity contribution is 9.10. The van der Waals surface area contributed by atoms with Gasteiger partial charge in [0.1, 0.15) is 17.0 Å². The minimum Gasteiger partial charge on any atom is -0.491 e. The predicted molar refractivity (Wildman–Crippen MR) is 114 cm³/mol. The summed E-state index contributed by atoms with van der Waals surface area (Å²) in [5.74, 6) is 0.674. The van der Waals surface area contributed by atoms with E-state index in [-0.39, 0.29) is 29.3 Å². The molecule has 0 saturated heterocycles. The molecule has 0 fully saturated rings. The first-order valence-corrected chi connectivity index (χ1v) is 11.1. The van der Waals surface area contributed by atoms with Crippen molar-refractivity contribution in [1.82, 2.24) is 9.97 Å². The average molecular weight is 478 g/mol. The summed E-state index contributed by atoms with van der Waals surface area (Å²) in [7, 11) is -3.88. The third kappa shape index (κ3) is 5.91. The molecule has 2 aromatic carbocycles. The zero-order valence-electron chi connectivity index (χ0n) is 15.9. The number of aromatic nitrogens is 2. The monoisotopic (exact) mass is 477 g/mol. The van der Waals surface area contributed by atoms with E-state index in [1.807, 2.05) is 44.2 Å². The van der Waals surface area contributed by atoms with Crippen molar-refractivity contribution < 1.29 is 17.9 Å². The van der Waals surface area contributed by atoms with Gasteiger partial charge in [-0.3, -0.25) is 4.72 Å². The van der Waals surface area contributed by atoms with E-state index in [0.717, 1.165) is 5.56 Å². The Kier molecular flexibility index (Phi) is 6.71. The summed E-state index contributed by atoms with van der Waals surface area (Å²) in [5.41, 5.74) is 0.920. The maximum absolute atomic E-state index is 12.8. The van der Waals surface area contributed by atoms with Gasteiger partial charge in [0.05, 0.1) is 17.2 Å². The number of hydrogen-bond donors (Lipinski definition) is 1. The molecule has 0 bridgehead atoms. The number of sulfonamides is 1. The van der Waals surface area contributed by atoms with Crippen molar-refractivity contribution in [1.29, 1.82) is 0 Å². The highest BCUT2D eigenvalue weighted by Crippen LogP contribution is 2.26. The van der Waals surface area contributed by atoms with Gasteiger partial charge in [-0.05, 0) is 59.6 Å². The van der Waals surface area contributed by atoms with Gasteiger partial charge in [-0.15, -0.1) is 0 Å². The Morgan fingerprint density at radius 2 is 1.76 bits per heavy atom. The lowest BCUT2D eigenvalue weighted by molar-refractivity contribution is 0.242. The van der Waals surface area contributed by atoms with Crippen molar-refractivity contribution in [3.63, 3.8) is 0 Å². The molecule has 0 unspecified atom stereocenters. The van der Waals surface area contributed by atoms with E-state index in [1.54, 1.807) is 12.1 Å². The first kappa shape index (κ1) is 21.1. The molecule has 0 aliphatic carbocycles. The van der Waals surface area contributed by atoms with Crippen LogP contribution in [0.2, 0.25) is 0 Å². The van der Waals surface area contributed by atoms with E-state index < -0.39 is 10.0 Å². The molecule has 1 aromatic heterocycles. The van der Waals surface area contributed by atoms with Crippen molar-refractivity contribution in [2.24, 2.45) is 0 Å². The summed E-state index contributed by atoms with van der Waals surface area (Å²) >= 11 is 3.23. The second kappa shape index (κ2) is 9.23. The molecule has 9 heteroatoms. The fourth-order valence-corrected chi connectivity index (χ4v) is 3.67. The standard InChI is InChI=1S/C20H20BrN3O4S/c1-14(2)28-16-8-10-17(11-9-16)29(25,26)24-19-20(23-18(21)12-22-19)27-13-15-6-4-3-5-7-15/h3-12,14H,13H2,1-2H3,(H,22,24). The van der Waals surface area contributed by atoms with Gasteiger partial charge in [0.25, 0.3) is 15.9 Å². The zero-order valence-corrected chi connectivity index (χ0v) is 18.3. The van der Waals surface area contributed by atoms with Crippen molar-refractivity contribution in [3.8, 4) is 11.6 Å². The minimum atomic E-state index is -3.88. The number of nitrogens with zero attached hydrogens (tertiary/aromatic N) is 2. The van der Waals surface area contributed by atoms with Gasteiger partial charge in [0.2, 0.25) is 5.82 Å². The number of rotatable bonds is 8. The lowest BCUT2D eigenvalue weighted by Crippen LogP contribution is -2.15. The fourth-order valence-electron chi connectivity index (χ4n) is 2.40. The van der Waals surface area contributed by atoms with Crippen LogP contribution in [0.1, 0.15) is 19.4 Å². The van der Waals surface area contributed by atoms with Crippen LogP contribution >= 0.6 is 15.9 Å². The average Bonchev–Trinajstić information content (AvgIpc) is 2.69. The molecule has 1 N–H and O–H groups in total. The summed E-state index contributed by atoms with van der Waals surface area (Å²) < 4.78 is 39.6. The fraction of sp³-hybridized carbons (Fsp3) is 0.200. The molecule has 0 radical (unpaired) electrons. The zero-order chi connectivity index (χ0) is 20.9. The van der Waals surface area contributed by atoms with E-state index in [2.05, 4.69) is 30.6 Å². The number of benzene rings is 2. The Morgan fingerprint density at radius 1 is 1.07 bits per heavy atom. The summed E-state index contributed by atoms with van der Waals surface area (Å²) in [6.45, 7) is 4.02. The molecule has 0 spiro atoms. The lowest BCUT2D eigenvalue weighted by Gasteiger charge is -2.13. The van der Waals surface area contributed by atoms with Gasteiger partial charge in [0, 0.05) is 0 Å². The number of ether oxygens (including phenoxy) is 2. The molecular weight excluding hydrogens is 458 g/mol. The molecular formula is C20H20BrN3O4S. The van der Waals surface area contributed by atoms with Gasteiger partial charge in [-0.1, -0.05) is 30.3 Å². The molecule has 0 aliphatic rings. The maximum Gasteiger partial charge on any atom is 0.263 e. The number of nitrogens with one attached hydrogen (secondary N) is 1. The molecule has 29 heavy (non-hydrogen) atoms. The molecule has 152 valence electrons. The van der Waals surface area contributed by atoms with E-state index in [4.69, 9.17) is 9.47 Å². The highest BCUT2D eigenvalue weighted by Gasteiger charge is 2.19.